The van der Waals surface area contributed by atoms with E-state index >= 15 is 0 Å². The standard InChI is InChI=1S/C25H41N5O4/c1-15(2)19-13-20(22(32)14-21(19)31)23(26)30(24(27)25(33)28-16(3)4)18-7-5-17(6-8-18)29-9-11-34-12-10-29/h13-18,25-28,31-33H,5-12H2,1-4H3. The summed E-state index contributed by atoms with van der Waals surface area (Å²) < 4.78 is 5.48. The first kappa shape index (κ1) is 26.4. The van der Waals surface area contributed by atoms with Crippen LogP contribution in [0, 0.1) is 10.8 Å². The lowest BCUT2D eigenvalue weighted by Gasteiger charge is -2.43. The van der Waals surface area contributed by atoms with Gasteiger partial charge in [-0.05, 0) is 57.1 Å². The van der Waals surface area contributed by atoms with Crippen LogP contribution >= 0.6 is 0 Å². The van der Waals surface area contributed by atoms with Crippen molar-refractivity contribution in [3.8, 4) is 11.5 Å². The second-order valence-corrected chi connectivity index (χ2v) is 10.0. The summed E-state index contributed by atoms with van der Waals surface area (Å²) in [4.78, 5) is 4.03. The number of phenolic OH excluding ortho intramolecular Hbond substituents is 2. The summed E-state index contributed by atoms with van der Waals surface area (Å²) in [7, 11) is 0. The molecule has 0 radical (unpaired) electrons. The van der Waals surface area contributed by atoms with E-state index in [1.54, 1.807) is 11.0 Å². The summed E-state index contributed by atoms with van der Waals surface area (Å²) in [6.45, 7) is 11.0. The van der Waals surface area contributed by atoms with Crippen molar-refractivity contribution in [3.63, 3.8) is 0 Å². The first-order valence-electron chi connectivity index (χ1n) is 12.4. The Labute approximate surface area is 202 Å². The van der Waals surface area contributed by atoms with Gasteiger partial charge in [-0.25, -0.2) is 0 Å². The van der Waals surface area contributed by atoms with E-state index < -0.39 is 6.23 Å². The highest BCUT2D eigenvalue weighted by atomic mass is 16.5. The fourth-order valence-corrected chi connectivity index (χ4v) is 5.03. The SMILES string of the molecule is CC(C)NC(O)C(=N)N(C(=N)c1cc(C(C)C)c(O)cc1O)C1CCC(N2CCOCC2)CC1. The number of nitrogens with one attached hydrogen (secondary N) is 3. The summed E-state index contributed by atoms with van der Waals surface area (Å²) in [5, 5.41) is 52.3. The Morgan fingerprint density at radius 1 is 1.03 bits per heavy atom. The smallest absolute Gasteiger partial charge is 0.163 e. The van der Waals surface area contributed by atoms with Crippen molar-refractivity contribution in [1.82, 2.24) is 15.1 Å². The lowest BCUT2D eigenvalue weighted by molar-refractivity contribution is 0.00506. The highest BCUT2D eigenvalue weighted by Crippen LogP contribution is 2.35. The molecule has 9 nitrogen and oxygen atoms in total. The van der Waals surface area contributed by atoms with Crippen LogP contribution in [0.2, 0.25) is 0 Å². The van der Waals surface area contributed by atoms with Crippen molar-refractivity contribution in [3.05, 3.63) is 23.3 Å². The zero-order valence-electron chi connectivity index (χ0n) is 20.8. The monoisotopic (exact) mass is 475 g/mol. The largest absolute Gasteiger partial charge is 0.508 e. The quantitative estimate of drug-likeness (QED) is 0.203. The molecule has 2 aliphatic rings. The predicted octanol–water partition coefficient (Wildman–Crippen LogP) is 2.79. The van der Waals surface area contributed by atoms with E-state index in [-0.39, 0.29) is 46.7 Å². The molecule has 3 rings (SSSR count). The Bertz CT molecular complexity index is 861. The number of nitrogens with zero attached hydrogens (tertiary/aromatic N) is 2. The van der Waals surface area contributed by atoms with Gasteiger partial charge in [-0.1, -0.05) is 13.8 Å². The number of amidine groups is 2. The number of morpholine rings is 1. The number of hydrogen-bond acceptors (Lipinski definition) is 8. The predicted molar refractivity (Wildman–Crippen MR) is 133 cm³/mol. The molecule has 1 saturated heterocycles. The number of aliphatic hydroxyl groups is 1. The Kier molecular flexibility index (Phi) is 8.92. The van der Waals surface area contributed by atoms with Crippen LogP contribution in [0.25, 0.3) is 0 Å². The van der Waals surface area contributed by atoms with Crippen molar-refractivity contribution in [2.45, 2.75) is 83.6 Å². The number of hydrogen-bond donors (Lipinski definition) is 6. The van der Waals surface area contributed by atoms with E-state index in [0.717, 1.165) is 52.0 Å². The van der Waals surface area contributed by atoms with Gasteiger partial charge in [-0.3, -0.25) is 21.0 Å². The maximum Gasteiger partial charge on any atom is 0.163 e. The van der Waals surface area contributed by atoms with Crippen LogP contribution in [0.4, 0.5) is 0 Å². The Morgan fingerprint density at radius 2 is 1.65 bits per heavy atom. The molecule has 1 heterocycles. The molecule has 34 heavy (non-hydrogen) atoms. The van der Waals surface area contributed by atoms with Gasteiger partial charge in [-0.2, -0.15) is 0 Å². The molecule has 1 aliphatic carbocycles. The van der Waals surface area contributed by atoms with Gasteiger partial charge in [0, 0.05) is 37.3 Å². The molecule has 9 heteroatoms. The number of benzene rings is 1. The van der Waals surface area contributed by atoms with E-state index in [1.807, 2.05) is 27.7 Å². The topological polar surface area (TPSA) is 136 Å². The van der Waals surface area contributed by atoms with Crippen LogP contribution in [-0.4, -0.2) is 87.4 Å². The van der Waals surface area contributed by atoms with Gasteiger partial charge in [0.05, 0.1) is 18.8 Å². The van der Waals surface area contributed by atoms with Crippen molar-refractivity contribution in [2.24, 2.45) is 0 Å². The summed E-state index contributed by atoms with van der Waals surface area (Å²) in [6, 6.07) is 3.16. The van der Waals surface area contributed by atoms with E-state index in [2.05, 4.69) is 10.2 Å². The van der Waals surface area contributed by atoms with Crippen molar-refractivity contribution in [1.29, 1.82) is 10.8 Å². The molecule has 0 aromatic heterocycles. The number of ether oxygens (including phenoxy) is 1. The molecule has 1 atom stereocenters. The fraction of sp³-hybridized carbons (Fsp3) is 0.680. The average molecular weight is 476 g/mol. The zero-order chi connectivity index (χ0) is 25.0. The molecule has 1 aliphatic heterocycles. The van der Waals surface area contributed by atoms with Crippen molar-refractivity contribution < 1.29 is 20.1 Å². The van der Waals surface area contributed by atoms with Crippen LogP contribution in [0.1, 0.15) is 70.4 Å². The minimum absolute atomic E-state index is 0.00258. The van der Waals surface area contributed by atoms with Gasteiger partial charge >= 0.3 is 0 Å². The summed E-state index contributed by atoms with van der Waals surface area (Å²) in [6.07, 6.45) is 2.19. The van der Waals surface area contributed by atoms with Crippen LogP contribution in [0.5, 0.6) is 11.5 Å². The van der Waals surface area contributed by atoms with Crippen LogP contribution < -0.4 is 5.32 Å². The molecule has 1 saturated carbocycles. The maximum atomic E-state index is 10.7. The second-order valence-electron chi connectivity index (χ2n) is 10.0. The first-order valence-corrected chi connectivity index (χ1v) is 12.4. The van der Waals surface area contributed by atoms with E-state index in [0.29, 0.717) is 11.6 Å². The molecular formula is C25H41N5O4. The van der Waals surface area contributed by atoms with Gasteiger partial charge in [0.2, 0.25) is 0 Å². The Hall–Kier alpha value is -2.20. The van der Waals surface area contributed by atoms with Gasteiger partial charge in [-0.15, -0.1) is 0 Å². The van der Waals surface area contributed by atoms with Gasteiger partial charge in [0.15, 0.2) is 6.23 Å². The lowest BCUT2D eigenvalue weighted by Crippen LogP contribution is -2.55. The van der Waals surface area contributed by atoms with Crippen LogP contribution in [-0.2, 0) is 4.74 Å². The molecule has 1 unspecified atom stereocenters. The molecule has 1 aromatic rings. The van der Waals surface area contributed by atoms with E-state index in [1.165, 1.54) is 6.07 Å². The van der Waals surface area contributed by atoms with E-state index in [9.17, 15) is 15.3 Å². The Morgan fingerprint density at radius 3 is 2.21 bits per heavy atom. The normalized spacial score (nSPS) is 22.7. The molecule has 0 amide bonds. The van der Waals surface area contributed by atoms with Crippen molar-refractivity contribution >= 4 is 11.7 Å². The third-order valence-electron chi connectivity index (χ3n) is 6.87. The first-order chi connectivity index (χ1) is 16.1. The third-order valence-corrected chi connectivity index (χ3v) is 6.87. The lowest BCUT2D eigenvalue weighted by atomic mass is 9.88. The molecular weight excluding hydrogens is 434 g/mol. The second kappa shape index (κ2) is 11.5. The third kappa shape index (κ3) is 6.07. The highest BCUT2D eigenvalue weighted by Gasteiger charge is 2.35. The van der Waals surface area contributed by atoms with Gasteiger partial charge in [0.1, 0.15) is 23.2 Å². The Balaban J connectivity index is 1.86. The highest BCUT2D eigenvalue weighted by molar-refractivity contribution is 6.09. The van der Waals surface area contributed by atoms with Gasteiger partial charge in [0.25, 0.3) is 0 Å². The fourth-order valence-electron chi connectivity index (χ4n) is 5.03. The summed E-state index contributed by atoms with van der Waals surface area (Å²) >= 11 is 0. The number of rotatable bonds is 7. The molecule has 0 spiro atoms. The van der Waals surface area contributed by atoms with Crippen LogP contribution in [0.3, 0.4) is 0 Å². The van der Waals surface area contributed by atoms with Crippen molar-refractivity contribution in [2.75, 3.05) is 26.3 Å². The molecule has 0 bridgehead atoms. The van der Waals surface area contributed by atoms with Crippen LogP contribution in [0.15, 0.2) is 12.1 Å². The minimum atomic E-state index is -1.24. The number of aliphatic hydroxyl groups excluding tert-OH is 1. The summed E-state index contributed by atoms with van der Waals surface area (Å²) in [5.41, 5.74) is 0.874. The minimum Gasteiger partial charge on any atom is -0.508 e. The average Bonchev–Trinajstić information content (AvgIpc) is 2.79. The molecule has 190 valence electrons. The zero-order valence-corrected chi connectivity index (χ0v) is 20.8. The molecule has 6 N–H and O–H groups in total. The number of phenols is 2. The maximum absolute atomic E-state index is 10.7. The molecule has 2 fully saturated rings. The van der Waals surface area contributed by atoms with E-state index in [4.69, 9.17) is 15.6 Å². The molecule has 1 aromatic carbocycles. The summed E-state index contributed by atoms with van der Waals surface area (Å²) in [5.74, 6) is -0.371. The number of aromatic hydroxyl groups is 2. The van der Waals surface area contributed by atoms with Gasteiger partial charge < -0.3 is 25.0 Å².